The minimum Gasteiger partial charge on any atom is -0.357 e. The zero-order valence-electron chi connectivity index (χ0n) is 14.5. The molecule has 0 radical (unpaired) electrons. The lowest BCUT2D eigenvalue weighted by molar-refractivity contribution is 0.418. The van der Waals surface area contributed by atoms with Crippen molar-refractivity contribution in [1.82, 2.24) is 20.0 Å². The fraction of sp³-hybridized carbons (Fsp3) is 0.750. The molecule has 0 aromatic carbocycles. The summed E-state index contributed by atoms with van der Waals surface area (Å²) in [4.78, 5) is 7.19. The third-order valence-electron chi connectivity index (χ3n) is 3.72. The average molecular weight is 419 g/mol. The number of aliphatic imine (C=N–C) groups is 1. The van der Waals surface area contributed by atoms with Crippen LogP contribution in [-0.4, -0.2) is 46.8 Å². The molecule has 22 heavy (non-hydrogen) atoms. The molecule has 0 saturated carbocycles. The number of aromatic nitrogens is 2. The van der Waals surface area contributed by atoms with Gasteiger partial charge in [0.15, 0.2) is 5.96 Å². The third kappa shape index (κ3) is 5.44. The lowest BCUT2D eigenvalue weighted by Crippen LogP contribution is -2.40. The molecule has 1 unspecified atom stereocenters. The molecule has 0 aliphatic carbocycles. The van der Waals surface area contributed by atoms with Gasteiger partial charge in [-0.3, -0.25) is 9.67 Å². The normalized spacial score (nSPS) is 19.2. The molecule has 1 saturated heterocycles. The van der Waals surface area contributed by atoms with E-state index in [2.05, 4.69) is 49.2 Å². The van der Waals surface area contributed by atoms with Gasteiger partial charge in [0, 0.05) is 45.3 Å². The van der Waals surface area contributed by atoms with Gasteiger partial charge in [-0.1, -0.05) is 20.8 Å². The van der Waals surface area contributed by atoms with E-state index < -0.39 is 0 Å². The van der Waals surface area contributed by atoms with E-state index in [4.69, 9.17) is 4.99 Å². The maximum absolute atomic E-state index is 4.81. The van der Waals surface area contributed by atoms with Crippen molar-refractivity contribution >= 4 is 29.9 Å². The van der Waals surface area contributed by atoms with Gasteiger partial charge >= 0.3 is 0 Å². The Morgan fingerprint density at radius 3 is 2.73 bits per heavy atom. The van der Waals surface area contributed by atoms with Crippen LogP contribution in [0.2, 0.25) is 0 Å². The van der Waals surface area contributed by atoms with Gasteiger partial charge in [0.05, 0.1) is 6.20 Å². The lowest BCUT2D eigenvalue weighted by Gasteiger charge is -2.23. The van der Waals surface area contributed by atoms with Crippen LogP contribution in [0.25, 0.3) is 0 Å². The van der Waals surface area contributed by atoms with E-state index in [1.165, 1.54) is 12.0 Å². The van der Waals surface area contributed by atoms with E-state index in [1.807, 2.05) is 17.9 Å². The number of aryl methyl sites for hydroxylation is 1. The van der Waals surface area contributed by atoms with Gasteiger partial charge in [0.1, 0.15) is 0 Å². The highest BCUT2D eigenvalue weighted by Crippen LogP contribution is 2.26. The summed E-state index contributed by atoms with van der Waals surface area (Å²) in [5.74, 6) is 1.62. The SMILES string of the molecule is CCNC(=NCC(C)(C)C)N1CCC(c2cnn(C)c2)C1.I. The Morgan fingerprint density at radius 1 is 1.45 bits per heavy atom. The molecule has 6 heteroatoms. The highest BCUT2D eigenvalue weighted by molar-refractivity contribution is 14.0. The molecule has 1 atom stereocenters. The fourth-order valence-corrected chi connectivity index (χ4v) is 2.61. The van der Waals surface area contributed by atoms with E-state index in [1.54, 1.807) is 0 Å². The monoisotopic (exact) mass is 419 g/mol. The molecular weight excluding hydrogens is 389 g/mol. The van der Waals surface area contributed by atoms with Crippen molar-refractivity contribution in [3.05, 3.63) is 18.0 Å². The standard InChI is InChI=1S/C16H29N5.HI/c1-6-17-15(18-12-16(2,3)4)21-8-7-13(11-21)14-9-19-20(5)10-14;/h9-10,13H,6-8,11-12H2,1-5H3,(H,17,18);1H. The third-order valence-corrected chi connectivity index (χ3v) is 3.72. The number of nitrogens with zero attached hydrogens (tertiary/aromatic N) is 4. The molecule has 1 fully saturated rings. The van der Waals surface area contributed by atoms with Gasteiger partial charge in [-0.25, -0.2) is 0 Å². The maximum atomic E-state index is 4.81. The smallest absolute Gasteiger partial charge is 0.193 e. The van der Waals surface area contributed by atoms with Gasteiger partial charge in [0.25, 0.3) is 0 Å². The first kappa shape index (κ1) is 19.3. The van der Waals surface area contributed by atoms with Crippen LogP contribution >= 0.6 is 24.0 Å². The molecule has 0 amide bonds. The number of likely N-dealkylation sites (tertiary alicyclic amines) is 1. The Balaban J connectivity index is 0.00000242. The highest BCUT2D eigenvalue weighted by Gasteiger charge is 2.27. The Kier molecular flexibility index (Phi) is 7.15. The maximum Gasteiger partial charge on any atom is 0.193 e. The number of guanidine groups is 1. The van der Waals surface area contributed by atoms with Crippen LogP contribution in [0.3, 0.4) is 0 Å². The highest BCUT2D eigenvalue weighted by atomic mass is 127. The minimum atomic E-state index is 0. The van der Waals surface area contributed by atoms with Gasteiger partial charge in [-0.2, -0.15) is 5.10 Å². The van der Waals surface area contributed by atoms with Crippen molar-refractivity contribution < 1.29 is 0 Å². The second-order valence-electron chi connectivity index (χ2n) is 7.11. The number of halogens is 1. The van der Waals surface area contributed by atoms with Crippen molar-refractivity contribution in [2.75, 3.05) is 26.2 Å². The molecule has 2 rings (SSSR count). The molecular formula is C16H30IN5. The molecule has 5 nitrogen and oxygen atoms in total. The number of nitrogens with one attached hydrogen (secondary N) is 1. The summed E-state index contributed by atoms with van der Waals surface area (Å²) in [6.07, 6.45) is 5.30. The average Bonchev–Trinajstić information content (AvgIpc) is 3.01. The van der Waals surface area contributed by atoms with Crippen molar-refractivity contribution in [1.29, 1.82) is 0 Å². The molecule has 1 aliphatic rings. The summed E-state index contributed by atoms with van der Waals surface area (Å²) >= 11 is 0. The first-order valence-electron chi connectivity index (χ1n) is 7.91. The molecule has 1 aromatic rings. The van der Waals surface area contributed by atoms with Crippen molar-refractivity contribution in [2.24, 2.45) is 17.5 Å². The van der Waals surface area contributed by atoms with E-state index >= 15 is 0 Å². The first-order chi connectivity index (χ1) is 9.89. The van der Waals surface area contributed by atoms with Crippen molar-refractivity contribution in [3.8, 4) is 0 Å². The number of hydrogen-bond donors (Lipinski definition) is 1. The van der Waals surface area contributed by atoms with E-state index in [-0.39, 0.29) is 29.4 Å². The second-order valence-corrected chi connectivity index (χ2v) is 7.11. The Labute approximate surface area is 151 Å². The summed E-state index contributed by atoms with van der Waals surface area (Å²) in [6, 6.07) is 0. The number of hydrogen-bond acceptors (Lipinski definition) is 2. The Hall–Kier alpha value is -0.790. The van der Waals surface area contributed by atoms with Crippen LogP contribution < -0.4 is 5.32 Å². The van der Waals surface area contributed by atoms with Crippen LogP contribution in [0.15, 0.2) is 17.4 Å². The molecule has 1 N–H and O–H groups in total. The van der Waals surface area contributed by atoms with Crippen LogP contribution in [-0.2, 0) is 7.05 Å². The molecule has 2 heterocycles. The topological polar surface area (TPSA) is 45.5 Å². The van der Waals surface area contributed by atoms with Gasteiger partial charge in [-0.05, 0) is 24.3 Å². The predicted molar refractivity (Wildman–Crippen MR) is 103 cm³/mol. The zero-order chi connectivity index (χ0) is 15.5. The van der Waals surface area contributed by atoms with Gasteiger partial charge in [-0.15, -0.1) is 24.0 Å². The second kappa shape index (κ2) is 8.17. The number of rotatable bonds is 3. The molecule has 0 spiro atoms. The summed E-state index contributed by atoms with van der Waals surface area (Å²) < 4.78 is 1.89. The summed E-state index contributed by atoms with van der Waals surface area (Å²) in [6.45, 7) is 12.7. The first-order valence-corrected chi connectivity index (χ1v) is 7.91. The van der Waals surface area contributed by atoms with Gasteiger partial charge in [0.2, 0.25) is 0 Å². The zero-order valence-corrected chi connectivity index (χ0v) is 16.8. The Bertz CT molecular complexity index is 489. The van der Waals surface area contributed by atoms with E-state index in [9.17, 15) is 0 Å². The summed E-state index contributed by atoms with van der Waals surface area (Å²) in [7, 11) is 1.98. The summed E-state index contributed by atoms with van der Waals surface area (Å²) in [5.41, 5.74) is 1.56. The molecule has 126 valence electrons. The predicted octanol–water partition coefficient (Wildman–Crippen LogP) is 2.84. The molecule has 1 aromatic heterocycles. The largest absolute Gasteiger partial charge is 0.357 e. The minimum absolute atomic E-state index is 0. The van der Waals surface area contributed by atoms with E-state index in [0.29, 0.717) is 5.92 Å². The Morgan fingerprint density at radius 2 is 2.18 bits per heavy atom. The molecule has 1 aliphatic heterocycles. The van der Waals surface area contributed by atoms with Crippen LogP contribution in [0.4, 0.5) is 0 Å². The lowest BCUT2D eigenvalue weighted by atomic mass is 9.97. The van der Waals surface area contributed by atoms with Crippen molar-refractivity contribution in [2.45, 2.75) is 40.0 Å². The molecule has 0 bridgehead atoms. The van der Waals surface area contributed by atoms with E-state index in [0.717, 1.165) is 32.1 Å². The van der Waals surface area contributed by atoms with Crippen LogP contribution in [0, 0.1) is 5.41 Å². The quantitative estimate of drug-likeness (QED) is 0.466. The van der Waals surface area contributed by atoms with Crippen molar-refractivity contribution in [3.63, 3.8) is 0 Å². The van der Waals surface area contributed by atoms with Crippen LogP contribution in [0.1, 0.15) is 45.6 Å². The fourth-order valence-electron chi connectivity index (χ4n) is 2.61. The van der Waals surface area contributed by atoms with Gasteiger partial charge < -0.3 is 10.2 Å². The summed E-state index contributed by atoms with van der Waals surface area (Å²) in [5, 5.41) is 7.72. The van der Waals surface area contributed by atoms with Crippen LogP contribution in [0.5, 0.6) is 0 Å².